The Balaban J connectivity index is 2.41. The minimum Gasteiger partial charge on any atom is -0.326 e. The van der Waals surface area contributed by atoms with Crippen LogP contribution in [0.4, 0.5) is 0 Å². The predicted octanol–water partition coefficient (Wildman–Crippen LogP) is 3.03. The summed E-state index contributed by atoms with van der Waals surface area (Å²) < 4.78 is 28.3. The van der Waals surface area contributed by atoms with Crippen LogP contribution in [0.15, 0.2) is 21.5 Å². The van der Waals surface area contributed by atoms with Gasteiger partial charge in [-0.3, -0.25) is 0 Å². The monoisotopic (exact) mass is 374 g/mol. The van der Waals surface area contributed by atoms with Crippen LogP contribution in [0.2, 0.25) is 0 Å². The molecule has 0 radical (unpaired) electrons. The molecule has 1 aliphatic heterocycles. The second-order valence-corrected chi connectivity index (χ2v) is 8.61. The number of rotatable bonds is 3. The number of benzene rings is 1. The van der Waals surface area contributed by atoms with Gasteiger partial charge < -0.3 is 5.73 Å². The van der Waals surface area contributed by atoms with E-state index in [9.17, 15) is 8.42 Å². The normalized spacial score (nSPS) is 21.2. The van der Waals surface area contributed by atoms with Crippen molar-refractivity contribution >= 4 is 26.0 Å². The fourth-order valence-corrected chi connectivity index (χ4v) is 5.14. The Bertz CT molecular complexity index is 616. The topological polar surface area (TPSA) is 63.4 Å². The van der Waals surface area contributed by atoms with Gasteiger partial charge in [-0.1, -0.05) is 22.9 Å². The van der Waals surface area contributed by atoms with Gasteiger partial charge in [0.25, 0.3) is 0 Å². The molecule has 6 heteroatoms. The smallest absolute Gasteiger partial charge is 0.243 e. The number of halogens is 1. The first kappa shape index (κ1) is 16.9. The van der Waals surface area contributed by atoms with Crippen molar-refractivity contribution < 1.29 is 8.42 Å². The van der Waals surface area contributed by atoms with Gasteiger partial charge in [-0.2, -0.15) is 4.31 Å². The zero-order valence-electron chi connectivity index (χ0n) is 12.6. The molecule has 2 rings (SSSR count). The van der Waals surface area contributed by atoms with Crippen LogP contribution in [0.1, 0.15) is 37.3 Å². The average Bonchev–Trinajstić information content (AvgIpc) is 2.66. The van der Waals surface area contributed by atoms with E-state index in [2.05, 4.69) is 22.9 Å². The van der Waals surface area contributed by atoms with Crippen LogP contribution in [0.25, 0.3) is 0 Å². The third kappa shape index (κ3) is 3.67. The lowest BCUT2D eigenvalue weighted by Crippen LogP contribution is -2.32. The summed E-state index contributed by atoms with van der Waals surface area (Å²) in [7, 11) is -3.45. The van der Waals surface area contributed by atoms with Gasteiger partial charge in [-0.05, 0) is 55.4 Å². The summed E-state index contributed by atoms with van der Waals surface area (Å²) in [4.78, 5) is 0.381. The van der Waals surface area contributed by atoms with Gasteiger partial charge in [-0.25, -0.2) is 8.42 Å². The van der Waals surface area contributed by atoms with E-state index in [4.69, 9.17) is 5.73 Å². The molecule has 1 unspecified atom stereocenters. The summed E-state index contributed by atoms with van der Waals surface area (Å²) in [5.74, 6) is 0.591. The van der Waals surface area contributed by atoms with Crippen LogP contribution in [-0.4, -0.2) is 25.8 Å². The minimum absolute atomic E-state index is 0.332. The molecule has 0 saturated carbocycles. The molecule has 1 atom stereocenters. The van der Waals surface area contributed by atoms with E-state index >= 15 is 0 Å². The van der Waals surface area contributed by atoms with E-state index in [1.807, 2.05) is 13.0 Å². The quantitative estimate of drug-likeness (QED) is 0.883. The fourth-order valence-electron chi connectivity index (χ4n) is 2.71. The molecule has 4 nitrogen and oxygen atoms in total. The number of hydrogen-bond acceptors (Lipinski definition) is 3. The molecule has 0 bridgehead atoms. The molecule has 0 spiro atoms. The molecule has 1 heterocycles. The van der Waals surface area contributed by atoms with Gasteiger partial charge >= 0.3 is 0 Å². The summed E-state index contributed by atoms with van der Waals surface area (Å²) in [6, 6.07) is 3.60. The molecule has 1 aliphatic rings. The number of hydrogen-bond donors (Lipinski definition) is 1. The molecule has 2 N–H and O–H groups in total. The molecule has 118 valence electrons. The third-order valence-electron chi connectivity index (χ3n) is 4.19. The molecular weight excluding hydrogens is 352 g/mol. The second-order valence-electron chi connectivity index (χ2n) is 5.85. The highest BCUT2D eigenvalue weighted by Crippen LogP contribution is 2.29. The first-order chi connectivity index (χ1) is 9.86. The Kier molecular flexibility index (Phi) is 5.46. The molecule has 1 fully saturated rings. The first-order valence-corrected chi connectivity index (χ1v) is 9.58. The van der Waals surface area contributed by atoms with Crippen LogP contribution in [0.3, 0.4) is 0 Å². The lowest BCUT2D eigenvalue weighted by atomic mass is 10.0. The van der Waals surface area contributed by atoms with E-state index in [1.54, 1.807) is 10.4 Å². The number of nitrogens with two attached hydrogens (primary N) is 1. The van der Waals surface area contributed by atoms with E-state index in [0.717, 1.165) is 34.9 Å². The highest BCUT2D eigenvalue weighted by molar-refractivity contribution is 9.10. The lowest BCUT2D eigenvalue weighted by Gasteiger charge is -2.22. The Hall–Kier alpha value is -0.430. The number of nitrogens with zero attached hydrogens (tertiary/aromatic N) is 1. The standard InChI is InChI=1S/C15H23BrN2O2S/c1-11-4-3-6-18(7-5-11)21(19,20)15-9-13(10-17)8-14(16)12(15)2/h8-9,11H,3-7,10,17H2,1-2H3. The van der Waals surface area contributed by atoms with Crippen LogP contribution in [-0.2, 0) is 16.6 Å². The molecule has 1 saturated heterocycles. The second kappa shape index (κ2) is 6.77. The zero-order chi connectivity index (χ0) is 15.6. The Labute approximate surface area is 135 Å². The van der Waals surface area contributed by atoms with Crippen molar-refractivity contribution in [3.63, 3.8) is 0 Å². The van der Waals surface area contributed by atoms with Gasteiger partial charge in [0.05, 0.1) is 4.90 Å². The van der Waals surface area contributed by atoms with Gasteiger partial charge in [-0.15, -0.1) is 0 Å². The Morgan fingerprint density at radius 3 is 2.71 bits per heavy atom. The molecule has 0 aliphatic carbocycles. The van der Waals surface area contributed by atoms with Gasteiger partial charge in [0.15, 0.2) is 0 Å². The van der Waals surface area contributed by atoms with Crippen LogP contribution in [0, 0.1) is 12.8 Å². The minimum atomic E-state index is -3.45. The average molecular weight is 375 g/mol. The summed E-state index contributed by atoms with van der Waals surface area (Å²) >= 11 is 3.44. The van der Waals surface area contributed by atoms with Crippen LogP contribution >= 0.6 is 15.9 Å². The molecule has 21 heavy (non-hydrogen) atoms. The maximum atomic E-state index is 13.0. The maximum absolute atomic E-state index is 13.0. The highest BCUT2D eigenvalue weighted by atomic mass is 79.9. The Morgan fingerprint density at radius 2 is 2.05 bits per heavy atom. The highest BCUT2D eigenvalue weighted by Gasteiger charge is 2.28. The van der Waals surface area contributed by atoms with Crippen molar-refractivity contribution in [3.05, 3.63) is 27.7 Å². The molecule has 1 aromatic rings. The SMILES string of the molecule is Cc1c(Br)cc(CN)cc1S(=O)(=O)N1CCCC(C)CC1. The maximum Gasteiger partial charge on any atom is 0.243 e. The van der Waals surface area contributed by atoms with E-state index in [0.29, 0.717) is 30.4 Å². The van der Waals surface area contributed by atoms with Gasteiger partial charge in [0.2, 0.25) is 10.0 Å². The van der Waals surface area contributed by atoms with Crippen molar-refractivity contribution in [2.45, 2.75) is 44.6 Å². The molecule has 0 aromatic heterocycles. The van der Waals surface area contributed by atoms with Crippen molar-refractivity contribution in [3.8, 4) is 0 Å². The summed E-state index contributed by atoms with van der Waals surface area (Å²) in [6.07, 6.45) is 2.95. The first-order valence-electron chi connectivity index (χ1n) is 7.35. The van der Waals surface area contributed by atoms with Crippen molar-refractivity contribution in [2.24, 2.45) is 11.7 Å². The van der Waals surface area contributed by atoms with Gasteiger partial charge in [0, 0.05) is 24.1 Å². The predicted molar refractivity (Wildman–Crippen MR) is 88.5 cm³/mol. The molecule has 1 aromatic carbocycles. The fraction of sp³-hybridized carbons (Fsp3) is 0.600. The van der Waals surface area contributed by atoms with E-state index in [1.165, 1.54) is 0 Å². The van der Waals surface area contributed by atoms with Crippen LogP contribution < -0.4 is 5.73 Å². The third-order valence-corrected chi connectivity index (χ3v) is 7.03. The zero-order valence-corrected chi connectivity index (χ0v) is 15.0. The molecule has 0 amide bonds. The van der Waals surface area contributed by atoms with Gasteiger partial charge in [0.1, 0.15) is 0 Å². The largest absolute Gasteiger partial charge is 0.326 e. The number of sulfonamides is 1. The van der Waals surface area contributed by atoms with Crippen molar-refractivity contribution in [1.82, 2.24) is 4.31 Å². The van der Waals surface area contributed by atoms with Crippen molar-refractivity contribution in [1.29, 1.82) is 0 Å². The Morgan fingerprint density at radius 1 is 1.33 bits per heavy atom. The van der Waals surface area contributed by atoms with Crippen LogP contribution in [0.5, 0.6) is 0 Å². The van der Waals surface area contributed by atoms with Crippen molar-refractivity contribution in [2.75, 3.05) is 13.1 Å². The summed E-state index contributed by atoms with van der Waals surface area (Å²) in [6.45, 7) is 5.56. The van der Waals surface area contributed by atoms with E-state index < -0.39 is 10.0 Å². The summed E-state index contributed by atoms with van der Waals surface area (Å²) in [5.41, 5.74) is 7.26. The molecular formula is C15H23BrN2O2S. The van der Waals surface area contributed by atoms with E-state index in [-0.39, 0.29) is 0 Å². The lowest BCUT2D eigenvalue weighted by molar-refractivity contribution is 0.416. The summed E-state index contributed by atoms with van der Waals surface area (Å²) in [5, 5.41) is 0.